The molecule has 0 aliphatic rings. The van der Waals surface area contributed by atoms with Crippen LogP contribution >= 0.6 is 0 Å². The molecular formula is C13H11F3N2O5S. The first-order valence-electron chi connectivity index (χ1n) is 6.31. The highest BCUT2D eigenvalue weighted by atomic mass is 32.2. The van der Waals surface area contributed by atoms with Gasteiger partial charge in [-0.15, -0.1) is 18.0 Å². The first kappa shape index (κ1) is 17.8. The lowest BCUT2D eigenvalue weighted by Gasteiger charge is -2.14. The van der Waals surface area contributed by atoms with Gasteiger partial charge in [0.2, 0.25) is 0 Å². The monoisotopic (exact) mass is 364 g/mol. The molecule has 7 nitrogen and oxygen atoms in total. The molecule has 11 heteroatoms. The van der Waals surface area contributed by atoms with Crippen LogP contribution in [0.1, 0.15) is 16.1 Å². The molecule has 130 valence electrons. The molecular weight excluding hydrogens is 353 g/mol. The predicted octanol–water partition coefficient (Wildman–Crippen LogP) is 2.11. The second-order valence-electron chi connectivity index (χ2n) is 4.44. The van der Waals surface area contributed by atoms with Crippen molar-refractivity contribution in [1.29, 1.82) is 0 Å². The molecule has 1 amide bonds. The predicted molar refractivity (Wildman–Crippen MR) is 74.4 cm³/mol. The summed E-state index contributed by atoms with van der Waals surface area (Å²) in [6.07, 6.45) is -3.84. The number of alkyl halides is 3. The van der Waals surface area contributed by atoms with Crippen molar-refractivity contribution in [1.82, 2.24) is 10.3 Å². The standard InChI is InChI=1S/C13H11F3N2O5S/c1-8-9(6-7-22-8)12(19)17-18-24(20,21)11-5-3-2-4-10(11)23-13(14,15)16/h2-7,18H,1H3,(H,17,19). The Morgan fingerprint density at radius 1 is 1.21 bits per heavy atom. The summed E-state index contributed by atoms with van der Waals surface area (Å²) in [7, 11) is -4.50. The molecule has 0 fully saturated rings. The fraction of sp³-hybridized carbons (Fsp3) is 0.154. The number of furan rings is 1. The van der Waals surface area contributed by atoms with Crippen LogP contribution in [0.3, 0.4) is 0 Å². The maximum Gasteiger partial charge on any atom is 0.573 e. The zero-order valence-corrected chi connectivity index (χ0v) is 12.9. The van der Waals surface area contributed by atoms with Gasteiger partial charge in [-0.3, -0.25) is 10.2 Å². The zero-order chi connectivity index (χ0) is 18.0. The molecule has 0 bridgehead atoms. The molecule has 0 spiro atoms. The van der Waals surface area contributed by atoms with Gasteiger partial charge in [0.25, 0.3) is 15.9 Å². The van der Waals surface area contributed by atoms with E-state index in [9.17, 15) is 26.4 Å². The Kier molecular flexibility index (Phi) is 4.85. The minimum Gasteiger partial charge on any atom is -0.469 e. The summed E-state index contributed by atoms with van der Waals surface area (Å²) in [5, 5.41) is 0. The Morgan fingerprint density at radius 3 is 2.46 bits per heavy atom. The van der Waals surface area contributed by atoms with Crippen molar-refractivity contribution in [2.24, 2.45) is 0 Å². The van der Waals surface area contributed by atoms with Gasteiger partial charge in [0.15, 0.2) is 0 Å². The zero-order valence-electron chi connectivity index (χ0n) is 12.0. The van der Waals surface area contributed by atoms with E-state index in [0.29, 0.717) is 0 Å². The topological polar surface area (TPSA) is 97.6 Å². The smallest absolute Gasteiger partial charge is 0.469 e. The van der Waals surface area contributed by atoms with E-state index in [2.05, 4.69) is 4.74 Å². The maximum atomic E-state index is 12.3. The number of halogens is 3. The van der Waals surface area contributed by atoms with Crippen molar-refractivity contribution in [2.75, 3.05) is 0 Å². The summed E-state index contributed by atoms with van der Waals surface area (Å²) in [6, 6.07) is 5.43. The van der Waals surface area contributed by atoms with E-state index >= 15 is 0 Å². The maximum absolute atomic E-state index is 12.3. The lowest BCUT2D eigenvalue weighted by molar-refractivity contribution is -0.275. The second-order valence-corrected chi connectivity index (χ2v) is 6.10. The SMILES string of the molecule is Cc1occc1C(=O)NNS(=O)(=O)c1ccccc1OC(F)(F)F. The number of nitrogens with one attached hydrogen (secondary N) is 2. The molecule has 1 aromatic carbocycles. The van der Waals surface area contributed by atoms with Crippen LogP contribution in [0.15, 0.2) is 45.9 Å². The molecule has 2 rings (SSSR count). The van der Waals surface area contributed by atoms with E-state index in [4.69, 9.17) is 4.42 Å². The van der Waals surface area contributed by atoms with Crippen LogP contribution in [-0.2, 0) is 10.0 Å². The molecule has 2 aromatic rings. The van der Waals surface area contributed by atoms with Crippen LogP contribution in [-0.4, -0.2) is 20.7 Å². The van der Waals surface area contributed by atoms with Gasteiger partial charge in [0.05, 0.1) is 11.8 Å². The number of hydrogen-bond acceptors (Lipinski definition) is 5. The number of sulfonamides is 1. The fourth-order valence-electron chi connectivity index (χ4n) is 1.74. The third kappa shape index (κ3) is 4.26. The van der Waals surface area contributed by atoms with Gasteiger partial charge in [-0.2, -0.15) is 0 Å². The van der Waals surface area contributed by atoms with Gasteiger partial charge in [-0.05, 0) is 25.1 Å². The molecule has 0 radical (unpaired) electrons. The summed E-state index contributed by atoms with van der Waals surface area (Å²) in [6.45, 7) is 1.48. The van der Waals surface area contributed by atoms with Crippen molar-refractivity contribution < 1.29 is 35.5 Å². The van der Waals surface area contributed by atoms with Gasteiger partial charge < -0.3 is 9.15 Å². The molecule has 0 saturated carbocycles. The van der Waals surface area contributed by atoms with Crippen LogP contribution in [0.25, 0.3) is 0 Å². The van der Waals surface area contributed by atoms with Crippen molar-refractivity contribution in [3.05, 3.63) is 47.9 Å². The van der Waals surface area contributed by atoms with Crippen molar-refractivity contribution >= 4 is 15.9 Å². The summed E-state index contributed by atoms with van der Waals surface area (Å²) in [4.78, 5) is 12.7. The number of rotatable bonds is 5. The fourth-order valence-corrected chi connectivity index (χ4v) is 2.71. The highest BCUT2D eigenvalue weighted by molar-refractivity contribution is 7.89. The van der Waals surface area contributed by atoms with Gasteiger partial charge >= 0.3 is 6.36 Å². The molecule has 0 saturated heterocycles. The van der Waals surface area contributed by atoms with Gasteiger partial charge in [-0.25, -0.2) is 8.42 Å². The Bertz CT molecular complexity index is 845. The number of hydrogen-bond donors (Lipinski definition) is 2. The Balaban J connectivity index is 2.19. The highest BCUT2D eigenvalue weighted by Crippen LogP contribution is 2.28. The van der Waals surface area contributed by atoms with Crippen molar-refractivity contribution in [2.45, 2.75) is 18.2 Å². The first-order chi connectivity index (χ1) is 11.1. The summed E-state index contributed by atoms with van der Waals surface area (Å²) >= 11 is 0. The van der Waals surface area contributed by atoms with E-state index in [-0.39, 0.29) is 11.3 Å². The molecule has 2 N–H and O–H groups in total. The summed E-state index contributed by atoms with van der Waals surface area (Å²) < 4.78 is 69.8. The number of ether oxygens (including phenoxy) is 1. The van der Waals surface area contributed by atoms with Crippen LogP contribution < -0.4 is 15.0 Å². The number of hydrazine groups is 1. The van der Waals surface area contributed by atoms with E-state index in [0.717, 1.165) is 12.1 Å². The Hall–Kier alpha value is -2.53. The lowest BCUT2D eigenvalue weighted by atomic mass is 10.2. The third-order valence-electron chi connectivity index (χ3n) is 2.77. The molecule has 1 heterocycles. The van der Waals surface area contributed by atoms with Crippen molar-refractivity contribution in [3.63, 3.8) is 0 Å². The summed E-state index contributed by atoms with van der Waals surface area (Å²) in [5.74, 6) is -1.52. The number of aryl methyl sites for hydroxylation is 1. The third-order valence-corrected chi connectivity index (χ3v) is 4.05. The molecule has 0 aliphatic heterocycles. The highest BCUT2D eigenvalue weighted by Gasteiger charge is 2.34. The molecule has 0 aliphatic carbocycles. The number of para-hydroxylation sites is 1. The van der Waals surface area contributed by atoms with E-state index in [1.807, 2.05) is 5.43 Å². The quantitative estimate of drug-likeness (QED) is 0.792. The average molecular weight is 364 g/mol. The van der Waals surface area contributed by atoms with E-state index in [1.165, 1.54) is 31.4 Å². The second kappa shape index (κ2) is 6.53. The van der Waals surface area contributed by atoms with E-state index < -0.39 is 32.9 Å². The van der Waals surface area contributed by atoms with Gasteiger partial charge in [-0.1, -0.05) is 12.1 Å². The van der Waals surface area contributed by atoms with Crippen LogP contribution in [0.2, 0.25) is 0 Å². The minimum absolute atomic E-state index is 0.0672. The average Bonchev–Trinajstić information content (AvgIpc) is 2.90. The van der Waals surface area contributed by atoms with Gasteiger partial charge in [0, 0.05) is 0 Å². The minimum atomic E-state index is -5.07. The largest absolute Gasteiger partial charge is 0.573 e. The lowest BCUT2D eigenvalue weighted by Crippen LogP contribution is -2.41. The first-order valence-corrected chi connectivity index (χ1v) is 7.79. The molecule has 0 unspecified atom stereocenters. The van der Waals surface area contributed by atoms with Gasteiger partial charge in [0.1, 0.15) is 16.4 Å². The summed E-state index contributed by atoms with van der Waals surface area (Å²) in [5.41, 5.74) is 1.95. The number of amides is 1. The van der Waals surface area contributed by atoms with Crippen LogP contribution in [0.4, 0.5) is 13.2 Å². The molecule has 24 heavy (non-hydrogen) atoms. The molecule has 1 aromatic heterocycles. The Morgan fingerprint density at radius 2 is 1.88 bits per heavy atom. The Labute approximate surface area is 134 Å². The normalized spacial score (nSPS) is 12.0. The number of carbonyl (C=O) groups is 1. The number of carbonyl (C=O) groups excluding carboxylic acids is 1. The molecule has 0 atom stereocenters. The van der Waals surface area contributed by atoms with Crippen LogP contribution in [0, 0.1) is 6.92 Å². The van der Waals surface area contributed by atoms with E-state index in [1.54, 1.807) is 4.83 Å². The van der Waals surface area contributed by atoms with Crippen LogP contribution in [0.5, 0.6) is 5.75 Å². The number of benzene rings is 1. The van der Waals surface area contributed by atoms with Crippen molar-refractivity contribution in [3.8, 4) is 5.75 Å².